The summed E-state index contributed by atoms with van der Waals surface area (Å²) in [5.41, 5.74) is 0.220. The van der Waals surface area contributed by atoms with Crippen molar-refractivity contribution in [3.63, 3.8) is 0 Å². The Labute approximate surface area is 142 Å². The first-order chi connectivity index (χ1) is 9.76. The van der Waals surface area contributed by atoms with Crippen LogP contribution in [0.4, 0.5) is 0 Å². The highest BCUT2D eigenvalue weighted by Gasteiger charge is 2.24. The zero-order valence-corrected chi connectivity index (χ0v) is 14.9. The number of methoxy groups -OCH3 is 1. The minimum Gasteiger partial charge on any atom is -0.496 e. The van der Waals surface area contributed by atoms with Crippen LogP contribution in [0.3, 0.4) is 0 Å². The van der Waals surface area contributed by atoms with E-state index in [0.717, 1.165) is 3.57 Å². The predicted molar refractivity (Wildman–Crippen MR) is 89.1 cm³/mol. The van der Waals surface area contributed by atoms with Crippen molar-refractivity contribution in [1.29, 1.82) is 0 Å². The zero-order chi connectivity index (χ0) is 16.2. The molecule has 0 heterocycles. The molecule has 1 atom stereocenters. The molecule has 0 aliphatic heterocycles. The molecular weight excluding hydrogens is 409 g/mol. The summed E-state index contributed by atoms with van der Waals surface area (Å²) >= 11 is 8.04. The van der Waals surface area contributed by atoms with Crippen LogP contribution in [-0.2, 0) is 4.79 Å². The van der Waals surface area contributed by atoms with Gasteiger partial charge in [0.1, 0.15) is 11.8 Å². The van der Waals surface area contributed by atoms with Crippen LogP contribution >= 0.6 is 34.2 Å². The number of carboxylic acids is 1. The highest BCUT2D eigenvalue weighted by molar-refractivity contribution is 14.1. The van der Waals surface area contributed by atoms with Gasteiger partial charge in [-0.3, -0.25) is 4.79 Å². The SMILES string of the molecule is COc1cc(I)c(Cl)cc1C(=O)N[C@H](CC(C)C)C(=O)O. The average molecular weight is 426 g/mol. The lowest BCUT2D eigenvalue weighted by atomic mass is 10.0. The Morgan fingerprint density at radius 3 is 2.52 bits per heavy atom. The Balaban J connectivity index is 3.02. The fourth-order valence-electron chi connectivity index (χ4n) is 1.80. The summed E-state index contributed by atoms with van der Waals surface area (Å²) in [5.74, 6) is -1.07. The molecule has 1 aromatic carbocycles. The van der Waals surface area contributed by atoms with Gasteiger partial charge in [-0.05, 0) is 47.1 Å². The molecule has 7 heteroatoms. The van der Waals surface area contributed by atoms with E-state index in [0.29, 0.717) is 17.2 Å². The Morgan fingerprint density at radius 2 is 2.05 bits per heavy atom. The second-order valence-electron chi connectivity index (χ2n) is 4.96. The van der Waals surface area contributed by atoms with Crippen LogP contribution in [0.25, 0.3) is 0 Å². The fraction of sp³-hybridized carbons (Fsp3) is 0.429. The molecule has 0 unspecified atom stereocenters. The maximum Gasteiger partial charge on any atom is 0.326 e. The lowest BCUT2D eigenvalue weighted by Gasteiger charge is -2.17. The van der Waals surface area contributed by atoms with Gasteiger partial charge in [0.05, 0.1) is 17.7 Å². The molecule has 0 saturated heterocycles. The molecule has 1 amide bonds. The van der Waals surface area contributed by atoms with E-state index in [-0.39, 0.29) is 11.5 Å². The number of hydrogen-bond acceptors (Lipinski definition) is 3. The largest absolute Gasteiger partial charge is 0.496 e. The van der Waals surface area contributed by atoms with Crippen molar-refractivity contribution in [3.8, 4) is 5.75 Å². The first kappa shape index (κ1) is 18.0. The lowest BCUT2D eigenvalue weighted by molar-refractivity contribution is -0.139. The third-order valence-corrected chi connectivity index (χ3v) is 4.32. The van der Waals surface area contributed by atoms with Gasteiger partial charge in [-0.1, -0.05) is 25.4 Å². The van der Waals surface area contributed by atoms with Crippen molar-refractivity contribution in [2.75, 3.05) is 7.11 Å². The summed E-state index contributed by atoms with van der Waals surface area (Å²) in [7, 11) is 1.44. The molecule has 0 aromatic heterocycles. The van der Waals surface area contributed by atoms with Gasteiger partial charge in [-0.15, -0.1) is 0 Å². The molecule has 0 aliphatic rings. The van der Waals surface area contributed by atoms with Crippen LogP contribution in [0.15, 0.2) is 12.1 Å². The molecule has 116 valence electrons. The molecule has 21 heavy (non-hydrogen) atoms. The molecule has 1 rings (SSSR count). The summed E-state index contributed by atoms with van der Waals surface area (Å²) in [6, 6.07) is 2.17. The van der Waals surface area contributed by atoms with Gasteiger partial charge in [-0.2, -0.15) is 0 Å². The number of hydrogen-bond donors (Lipinski definition) is 2. The highest BCUT2D eigenvalue weighted by atomic mass is 127. The zero-order valence-electron chi connectivity index (χ0n) is 11.9. The smallest absolute Gasteiger partial charge is 0.326 e. The Hall–Kier alpha value is -1.02. The first-order valence-corrected chi connectivity index (χ1v) is 7.78. The quantitative estimate of drug-likeness (QED) is 0.687. The summed E-state index contributed by atoms with van der Waals surface area (Å²) in [4.78, 5) is 23.5. The second-order valence-corrected chi connectivity index (χ2v) is 6.53. The number of rotatable bonds is 6. The van der Waals surface area contributed by atoms with Crippen molar-refractivity contribution in [1.82, 2.24) is 5.32 Å². The van der Waals surface area contributed by atoms with Crippen molar-refractivity contribution < 1.29 is 19.4 Å². The number of nitrogens with one attached hydrogen (secondary N) is 1. The van der Waals surface area contributed by atoms with E-state index >= 15 is 0 Å². The number of ether oxygens (including phenoxy) is 1. The van der Waals surface area contributed by atoms with Crippen molar-refractivity contribution in [2.24, 2.45) is 5.92 Å². The van der Waals surface area contributed by atoms with E-state index in [1.54, 1.807) is 6.07 Å². The number of halogens is 2. The topological polar surface area (TPSA) is 75.6 Å². The second kappa shape index (κ2) is 7.84. The monoisotopic (exact) mass is 425 g/mol. The normalized spacial score (nSPS) is 12.1. The Kier molecular flexibility index (Phi) is 6.73. The van der Waals surface area contributed by atoms with Crippen LogP contribution in [0.5, 0.6) is 5.75 Å². The molecule has 1 aromatic rings. The molecule has 0 radical (unpaired) electrons. The van der Waals surface area contributed by atoms with E-state index in [1.165, 1.54) is 13.2 Å². The number of aliphatic carboxylic acids is 1. The number of carboxylic acid groups (broad SMARTS) is 1. The predicted octanol–water partition coefficient (Wildman–Crippen LogP) is 3.18. The number of amides is 1. The molecule has 0 aliphatic carbocycles. The van der Waals surface area contributed by atoms with Crippen LogP contribution < -0.4 is 10.1 Å². The van der Waals surface area contributed by atoms with E-state index in [9.17, 15) is 9.59 Å². The van der Waals surface area contributed by atoms with E-state index in [1.807, 2.05) is 36.4 Å². The maximum absolute atomic E-state index is 12.3. The average Bonchev–Trinajstić information content (AvgIpc) is 2.39. The summed E-state index contributed by atoms with van der Waals surface area (Å²) in [5, 5.41) is 12.1. The maximum atomic E-state index is 12.3. The van der Waals surface area contributed by atoms with E-state index in [4.69, 9.17) is 21.4 Å². The summed E-state index contributed by atoms with van der Waals surface area (Å²) in [6.45, 7) is 3.79. The van der Waals surface area contributed by atoms with Gasteiger partial charge in [-0.25, -0.2) is 4.79 Å². The number of benzene rings is 1. The summed E-state index contributed by atoms with van der Waals surface area (Å²) < 4.78 is 5.90. The van der Waals surface area contributed by atoms with Crippen LogP contribution in [0.1, 0.15) is 30.6 Å². The first-order valence-electron chi connectivity index (χ1n) is 6.33. The van der Waals surface area contributed by atoms with Crippen molar-refractivity contribution >= 4 is 46.1 Å². The van der Waals surface area contributed by atoms with Crippen molar-refractivity contribution in [2.45, 2.75) is 26.3 Å². The molecule has 0 fully saturated rings. The molecule has 0 spiro atoms. The van der Waals surface area contributed by atoms with Gasteiger partial charge in [0.15, 0.2) is 0 Å². The third kappa shape index (κ3) is 5.03. The van der Waals surface area contributed by atoms with Gasteiger partial charge < -0.3 is 15.2 Å². The molecule has 0 saturated carbocycles. The van der Waals surface area contributed by atoms with Gasteiger partial charge in [0.25, 0.3) is 5.91 Å². The van der Waals surface area contributed by atoms with Crippen LogP contribution in [0.2, 0.25) is 5.02 Å². The third-order valence-electron chi connectivity index (χ3n) is 2.80. The fourth-order valence-corrected chi connectivity index (χ4v) is 2.41. The number of carbonyl (C=O) groups excluding carboxylic acids is 1. The Morgan fingerprint density at radius 1 is 1.43 bits per heavy atom. The van der Waals surface area contributed by atoms with E-state index in [2.05, 4.69) is 5.32 Å². The lowest BCUT2D eigenvalue weighted by Crippen LogP contribution is -2.41. The standard InChI is InChI=1S/C14H17ClINO4/c1-7(2)4-11(14(19)20)17-13(18)8-5-9(15)10(16)6-12(8)21-3/h5-7,11H,4H2,1-3H3,(H,17,18)(H,19,20)/t11-/m1/s1. The number of carbonyl (C=O) groups is 2. The highest BCUT2D eigenvalue weighted by Crippen LogP contribution is 2.28. The molecule has 2 N–H and O–H groups in total. The van der Waals surface area contributed by atoms with Crippen molar-refractivity contribution in [3.05, 3.63) is 26.3 Å². The summed E-state index contributed by atoms with van der Waals surface area (Å²) in [6.07, 6.45) is 0.349. The van der Waals surface area contributed by atoms with Crippen LogP contribution in [0, 0.1) is 9.49 Å². The van der Waals surface area contributed by atoms with Gasteiger partial charge >= 0.3 is 5.97 Å². The van der Waals surface area contributed by atoms with Crippen LogP contribution in [-0.4, -0.2) is 30.1 Å². The molecule has 5 nitrogen and oxygen atoms in total. The molecular formula is C14H17ClINO4. The minimum absolute atomic E-state index is 0.147. The minimum atomic E-state index is -1.06. The van der Waals surface area contributed by atoms with Gasteiger partial charge in [0, 0.05) is 3.57 Å². The Bertz CT molecular complexity index is 548. The van der Waals surface area contributed by atoms with E-state index < -0.39 is 17.9 Å². The molecule has 0 bridgehead atoms. The van der Waals surface area contributed by atoms with Gasteiger partial charge in [0.2, 0.25) is 0 Å².